The summed E-state index contributed by atoms with van der Waals surface area (Å²) in [6.45, 7) is 0. The SMILES string of the molecule is N#C/C(=C/c1ccc(OC(=O)C23CC4CC(CC(C4)C2)C3)cc1)c1ccccc1F. The number of carbonyl (C=O) groups is 1. The van der Waals surface area contributed by atoms with E-state index in [2.05, 4.69) is 6.07 Å². The van der Waals surface area contributed by atoms with Crippen molar-refractivity contribution < 1.29 is 13.9 Å². The number of rotatable bonds is 4. The maximum atomic E-state index is 14.0. The number of halogens is 1. The first-order chi connectivity index (χ1) is 14.5. The molecule has 0 saturated heterocycles. The fraction of sp³-hybridized carbons (Fsp3) is 0.385. The molecule has 152 valence electrons. The molecule has 0 heterocycles. The zero-order valence-electron chi connectivity index (χ0n) is 16.8. The highest BCUT2D eigenvalue weighted by Crippen LogP contribution is 2.60. The molecule has 4 aliphatic rings. The fourth-order valence-electron chi connectivity index (χ4n) is 6.22. The molecule has 0 atom stereocenters. The number of ether oxygens (including phenoxy) is 1. The molecule has 4 bridgehead atoms. The van der Waals surface area contributed by atoms with Crippen molar-refractivity contribution in [1.29, 1.82) is 5.26 Å². The molecule has 3 nitrogen and oxygen atoms in total. The van der Waals surface area contributed by atoms with Gasteiger partial charge in [-0.2, -0.15) is 5.26 Å². The summed E-state index contributed by atoms with van der Waals surface area (Å²) in [5.74, 6) is 2.11. The average Bonchev–Trinajstić information content (AvgIpc) is 2.73. The van der Waals surface area contributed by atoms with Crippen LogP contribution in [0.25, 0.3) is 11.6 Å². The normalized spacial score (nSPS) is 29.5. The first kappa shape index (κ1) is 19.1. The number of hydrogen-bond acceptors (Lipinski definition) is 3. The maximum Gasteiger partial charge on any atom is 0.317 e. The quantitative estimate of drug-likeness (QED) is 0.273. The number of benzene rings is 2. The number of hydrogen-bond donors (Lipinski definition) is 0. The van der Waals surface area contributed by atoms with Gasteiger partial charge >= 0.3 is 5.97 Å². The molecule has 4 heteroatoms. The van der Waals surface area contributed by atoms with E-state index >= 15 is 0 Å². The van der Waals surface area contributed by atoms with Gasteiger partial charge in [0.1, 0.15) is 11.6 Å². The largest absolute Gasteiger partial charge is 0.426 e. The van der Waals surface area contributed by atoms with Gasteiger partial charge < -0.3 is 4.74 Å². The van der Waals surface area contributed by atoms with Crippen LogP contribution in [-0.4, -0.2) is 5.97 Å². The van der Waals surface area contributed by atoms with Gasteiger partial charge in [-0.25, -0.2) is 4.39 Å². The highest BCUT2D eigenvalue weighted by molar-refractivity contribution is 5.89. The van der Waals surface area contributed by atoms with Gasteiger partial charge in [0.2, 0.25) is 0 Å². The highest BCUT2D eigenvalue weighted by Gasteiger charge is 2.55. The minimum atomic E-state index is -0.425. The van der Waals surface area contributed by atoms with Gasteiger partial charge in [-0.1, -0.05) is 30.3 Å². The molecule has 6 rings (SSSR count). The molecule has 0 N–H and O–H groups in total. The lowest BCUT2D eigenvalue weighted by Gasteiger charge is -2.55. The van der Waals surface area contributed by atoms with Gasteiger partial charge in [-0.05, 0) is 86.1 Å². The van der Waals surface area contributed by atoms with Crippen LogP contribution < -0.4 is 4.74 Å². The van der Waals surface area contributed by atoms with Crippen LogP contribution >= 0.6 is 0 Å². The van der Waals surface area contributed by atoms with E-state index in [-0.39, 0.29) is 22.5 Å². The molecule has 0 amide bonds. The number of allylic oxidation sites excluding steroid dienone is 1. The van der Waals surface area contributed by atoms with Crippen LogP contribution in [0.3, 0.4) is 0 Å². The van der Waals surface area contributed by atoms with Crippen molar-refractivity contribution in [3.63, 3.8) is 0 Å². The van der Waals surface area contributed by atoms with E-state index in [1.807, 2.05) is 0 Å². The van der Waals surface area contributed by atoms with Crippen LogP contribution in [0.4, 0.5) is 4.39 Å². The van der Waals surface area contributed by atoms with Crippen molar-refractivity contribution in [3.05, 3.63) is 65.5 Å². The van der Waals surface area contributed by atoms with E-state index in [1.54, 1.807) is 48.5 Å². The minimum absolute atomic E-state index is 0.0750. The highest BCUT2D eigenvalue weighted by atomic mass is 19.1. The molecule has 0 radical (unpaired) electrons. The van der Waals surface area contributed by atoms with Crippen LogP contribution in [0, 0.1) is 40.3 Å². The second-order valence-electron chi connectivity index (χ2n) is 9.31. The smallest absolute Gasteiger partial charge is 0.317 e. The molecule has 2 aromatic carbocycles. The summed E-state index contributed by atoms with van der Waals surface area (Å²) >= 11 is 0. The third-order valence-corrected chi connectivity index (χ3v) is 7.16. The summed E-state index contributed by atoms with van der Waals surface area (Å²) in [6, 6.07) is 15.4. The molecule has 4 saturated carbocycles. The summed E-state index contributed by atoms with van der Waals surface area (Å²) < 4.78 is 19.8. The molecular weight excluding hydrogens is 377 g/mol. The Bertz CT molecular complexity index is 1010. The third-order valence-electron chi connectivity index (χ3n) is 7.16. The third kappa shape index (κ3) is 3.43. The van der Waals surface area contributed by atoms with Crippen molar-refractivity contribution in [3.8, 4) is 11.8 Å². The molecule has 2 aromatic rings. The first-order valence-electron chi connectivity index (χ1n) is 10.7. The Morgan fingerprint density at radius 1 is 1.00 bits per heavy atom. The van der Waals surface area contributed by atoms with Crippen molar-refractivity contribution >= 4 is 17.6 Å². The summed E-state index contributed by atoms with van der Waals surface area (Å²) in [7, 11) is 0. The number of esters is 1. The molecule has 0 aliphatic heterocycles. The lowest BCUT2D eigenvalue weighted by atomic mass is 9.49. The first-order valence-corrected chi connectivity index (χ1v) is 10.7. The van der Waals surface area contributed by atoms with Crippen LogP contribution in [-0.2, 0) is 4.79 Å². The lowest BCUT2D eigenvalue weighted by Crippen LogP contribution is -2.51. The van der Waals surface area contributed by atoms with Gasteiger partial charge in [0.15, 0.2) is 0 Å². The molecule has 0 aromatic heterocycles. The van der Waals surface area contributed by atoms with Crippen molar-refractivity contribution in [1.82, 2.24) is 0 Å². The molecule has 4 fully saturated rings. The predicted octanol–water partition coefficient (Wildman–Crippen LogP) is 6.01. The van der Waals surface area contributed by atoms with Gasteiger partial charge in [-0.3, -0.25) is 4.79 Å². The zero-order valence-corrected chi connectivity index (χ0v) is 16.8. The molecular formula is C26H24FNO2. The Hall–Kier alpha value is -2.93. The monoisotopic (exact) mass is 401 g/mol. The van der Waals surface area contributed by atoms with Crippen LogP contribution in [0.2, 0.25) is 0 Å². The summed E-state index contributed by atoms with van der Waals surface area (Å²) in [5.41, 5.74) is 1.000. The van der Waals surface area contributed by atoms with E-state index in [1.165, 1.54) is 25.3 Å². The van der Waals surface area contributed by atoms with E-state index in [9.17, 15) is 14.4 Å². The van der Waals surface area contributed by atoms with E-state index in [0.29, 0.717) is 23.5 Å². The van der Waals surface area contributed by atoms with Crippen molar-refractivity contribution in [2.45, 2.75) is 38.5 Å². The average molecular weight is 401 g/mol. The lowest BCUT2D eigenvalue weighted by molar-refractivity contribution is -0.161. The zero-order chi connectivity index (χ0) is 20.7. The van der Waals surface area contributed by atoms with Gasteiger partial charge in [-0.15, -0.1) is 0 Å². The Balaban J connectivity index is 1.32. The Kier molecular flexibility index (Phi) is 4.70. The van der Waals surface area contributed by atoms with Crippen LogP contribution in [0.1, 0.15) is 49.7 Å². The number of nitriles is 1. The van der Waals surface area contributed by atoms with Gasteiger partial charge in [0, 0.05) is 5.56 Å². The molecule has 0 unspecified atom stereocenters. The standard InChI is InChI=1S/C26H24FNO2/c27-24-4-2-1-3-23(24)21(16-28)12-17-5-7-22(8-6-17)30-25(29)26-13-18-9-19(14-26)11-20(10-18)15-26/h1-8,12,18-20H,9-11,13-15H2/b21-12-. The fourth-order valence-corrected chi connectivity index (χ4v) is 6.22. The molecule has 30 heavy (non-hydrogen) atoms. The second kappa shape index (κ2) is 7.40. The molecule has 0 spiro atoms. The topological polar surface area (TPSA) is 50.1 Å². The molecule has 4 aliphatic carbocycles. The number of carbonyl (C=O) groups excluding carboxylic acids is 1. The Morgan fingerprint density at radius 2 is 1.60 bits per heavy atom. The second-order valence-corrected chi connectivity index (χ2v) is 9.31. The number of nitrogens with zero attached hydrogens (tertiary/aromatic N) is 1. The maximum absolute atomic E-state index is 14.0. The van der Waals surface area contributed by atoms with Crippen molar-refractivity contribution in [2.24, 2.45) is 23.2 Å². The van der Waals surface area contributed by atoms with Gasteiger partial charge in [0.05, 0.1) is 17.1 Å². The minimum Gasteiger partial charge on any atom is -0.426 e. The van der Waals surface area contributed by atoms with E-state index in [0.717, 1.165) is 24.8 Å². The Labute approximate surface area is 176 Å². The Morgan fingerprint density at radius 3 is 2.17 bits per heavy atom. The van der Waals surface area contributed by atoms with Gasteiger partial charge in [0.25, 0.3) is 0 Å². The summed E-state index contributed by atoms with van der Waals surface area (Å²) in [6.07, 6.45) is 8.44. The summed E-state index contributed by atoms with van der Waals surface area (Å²) in [4.78, 5) is 13.1. The van der Waals surface area contributed by atoms with Crippen molar-refractivity contribution in [2.75, 3.05) is 0 Å². The van der Waals surface area contributed by atoms with Crippen LogP contribution in [0.15, 0.2) is 48.5 Å². The predicted molar refractivity (Wildman–Crippen MR) is 113 cm³/mol. The van der Waals surface area contributed by atoms with E-state index < -0.39 is 5.82 Å². The van der Waals surface area contributed by atoms with E-state index in [4.69, 9.17) is 4.74 Å². The summed E-state index contributed by atoms with van der Waals surface area (Å²) in [5, 5.41) is 9.44. The van der Waals surface area contributed by atoms with Crippen LogP contribution in [0.5, 0.6) is 5.75 Å².